The van der Waals surface area contributed by atoms with Crippen LogP contribution in [0.1, 0.15) is 16.1 Å². The van der Waals surface area contributed by atoms with E-state index >= 15 is 0 Å². The Morgan fingerprint density at radius 1 is 1.19 bits per heavy atom. The third-order valence-corrected chi connectivity index (χ3v) is 2.08. The van der Waals surface area contributed by atoms with Gasteiger partial charge < -0.3 is 4.42 Å². The highest BCUT2D eigenvalue weighted by atomic mass is 19.1. The molecule has 0 saturated carbocycles. The Balaban J connectivity index is 2.16. The summed E-state index contributed by atoms with van der Waals surface area (Å²) in [4.78, 5) is 11.5. The van der Waals surface area contributed by atoms with Crippen molar-refractivity contribution in [3.8, 4) is 0 Å². The molecule has 0 fully saturated rings. The molecule has 0 aliphatic heterocycles. The van der Waals surface area contributed by atoms with E-state index in [1.165, 1.54) is 24.5 Å². The zero-order chi connectivity index (χ0) is 11.4. The summed E-state index contributed by atoms with van der Waals surface area (Å²) >= 11 is 0. The summed E-state index contributed by atoms with van der Waals surface area (Å²) in [6, 6.07) is 9.44. The number of benzene rings is 1. The van der Waals surface area contributed by atoms with Crippen LogP contribution in [0.15, 0.2) is 53.2 Å². The lowest BCUT2D eigenvalue weighted by molar-refractivity contribution is 0.102. The highest BCUT2D eigenvalue weighted by molar-refractivity contribution is 6.04. The monoisotopic (exact) mass is 216 g/mol. The fraction of sp³-hybridized carbons (Fsp3) is 0. The van der Waals surface area contributed by atoms with Crippen molar-refractivity contribution in [3.05, 3.63) is 65.9 Å². The Hall–Kier alpha value is -2.16. The van der Waals surface area contributed by atoms with Crippen molar-refractivity contribution in [3.63, 3.8) is 0 Å². The van der Waals surface area contributed by atoms with Crippen LogP contribution < -0.4 is 0 Å². The number of hydrogen-bond acceptors (Lipinski definition) is 2. The van der Waals surface area contributed by atoms with Gasteiger partial charge in [-0.15, -0.1) is 0 Å². The Morgan fingerprint density at radius 2 is 2.00 bits per heavy atom. The molecule has 1 aromatic heterocycles. The molecule has 2 rings (SSSR count). The first-order chi connectivity index (χ1) is 7.77. The number of halogens is 1. The molecule has 0 N–H and O–H groups in total. The number of furan rings is 1. The number of ketones is 1. The maximum absolute atomic E-state index is 13.2. The van der Waals surface area contributed by atoms with Gasteiger partial charge in [0.15, 0.2) is 5.76 Å². The molecule has 1 aromatic carbocycles. The molecule has 2 aromatic rings. The van der Waals surface area contributed by atoms with E-state index in [1.807, 2.05) is 0 Å². The fourth-order valence-corrected chi connectivity index (χ4v) is 1.28. The van der Waals surface area contributed by atoms with E-state index in [9.17, 15) is 9.18 Å². The number of rotatable bonds is 3. The molecule has 0 spiro atoms. The van der Waals surface area contributed by atoms with Gasteiger partial charge in [0.1, 0.15) is 5.82 Å². The summed E-state index contributed by atoms with van der Waals surface area (Å²) in [5, 5.41) is 0. The maximum Gasteiger partial charge on any atom is 0.221 e. The Bertz CT molecular complexity index is 512. The Labute approximate surface area is 92.0 Å². The second-order valence-electron chi connectivity index (χ2n) is 3.20. The van der Waals surface area contributed by atoms with E-state index in [0.29, 0.717) is 5.56 Å². The Morgan fingerprint density at radius 3 is 2.69 bits per heavy atom. The average Bonchev–Trinajstić information content (AvgIpc) is 2.81. The molecule has 0 aliphatic rings. The van der Waals surface area contributed by atoms with Crippen LogP contribution in [0.5, 0.6) is 0 Å². The van der Waals surface area contributed by atoms with Crippen LogP contribution in [0.3, 0.4) is 0 Å². The van der Waals surface area contributed by atoms with Crippen LogP contribution in [-0.4, -0.2) is 5.78 Å². The summed E-state index contributed by atoms with van der Waals surface area (Å²) in [5.41, 5.74) is 0.377. The van der Waals surface area contributed by atoms with Crippen molar-refractivity contribution < 1.29 is 13.6 Å². The van der Waals surface area contributed by atoms with Gasteiger partial charge in [-0.25, -0.2) is 4.39 Å². The zero-order valence-corrected chi connectivity index (χ0v) is 8.39. The lowest BCUT2D eigenvalue weighted by Crippen LogP contribution is -1.90. The lowest BCUT2D eigenvalue weighted by atomic mass is 10.1. The van der Waals surface area contributed by atoms with Crippen molar-refractivity contribution in [2.75, 3.05) is 0 Å². The Kier molecular flexibility index (Phi) is 2.96. The van der Waals surface area contributed by atoms with Gasteiger partial charge in [-0.1, -0.05) is 18.2 Å². The number of carbonyl (C=O) groups excluding carboxylic acids is 1. The molecule has 0 saturated heterocycles. The van der Waals surface area contributed by atoms with Crippen molar-refractivity contribution in [2.45, 2.75) is 0 Å². The van der Waals surface area contributed by atoms with E-state index < -0.39 is 0 Å². The van der Waals surface area contributed by atoms with Crippen molar-refractivity contribution in [2.24, 2.45) is 0 Å². The zero-order valence-electron chi connectivity index (χ0n) is 8.39. The topological polar surface area (TPSA) is 30.2 Å². The summed E-state index contributed by atoms with van der Waals surface area (Å²) < 4.78 is 18.1. The predicted molar refractivity (Wildman–Crippen MR) is 58.5 cm³/mol. The molecule has 3 heteroatoms. The van der Waals surface area contributed by atoms with Crippen molar-refractivity contribution in [1.29, 1.82) is 0 Å². The summed E-state index contributed by atoms with van der Waals surface area (Å²) in [7, 11) is 0. The molecular weight excluding hydrogens is 207 g/mol. The van der Waals surface area contributed by atoms with Crippen molar-refractivity contribution >= 4 is 11.9 Å². The standard InChI is InChI=1S/C13H9FO2/c14-11-5-2-1-4-10(11)7-8-12(15)13-6-3-9-16-13/h1-9H/b8-7+. The summed E-state index contributed by atoms with van der Waals surface area (Å²) in [6.45, 7) is 0. The van der Waals surface area contributed by atoms with Crippen LogP contribution in [-0.2, 0) is 0 Å². The van der Waals surface area contributed by atoms with Crippen LogP contribution >= 0.6 is 0 Å². The van der Waals surface area contributed by atoms with Gasteiger partial charge in [-0.3, -0.25) is 4.79 Å². The summed E-state index contributed by atoms with van der Waals surface area (Å²) in [6.07, 6.45) is 4.14. The fourth-order valence-electron chi connectivity index (χ4n) is 1.28. The predicted octanol–water partition coefficient (Wildman–Crippen LogP) is 3.31. The maximum atomic E-state index is 13.2. The first-order valence-electron chi connectivity index (χ1n) is 4.78. The van der Waals surface area contributed by atoms with Crippen LogP contribution in [0.25, 0.3) is 6.08 Å². The second kappa shape index (κ2) is 4.57. The highest BCUT2D eigenvalue weighted by Gasteiger charge is 2.04. The molecule has 1 heterocycles. The molecule has 0 aliphatic carbocycles. The highest BCUT2D eigenvalue weighted by Crippen LogP contribution is 2.09. The van der Waals surface area contributed by atoms with Gasteiger partial charge in [0.25, 0.3) is 0 Å². The first-order valence-corrected chi connectivity index (χ1v) is 4.78. The molecule has 80 valence electrons. The van der Waals surface area contributed by atoms with E-state index in [2.05, 4.69) is 0 Å². The van der Waals surface area contributed by atoms with E-state index in [-0.39, 0.29) is 17.4 Å². The van der Waals surface area contributed by atoms with Gasteiger partial charge in [0.2, 0.25) is 5.78 Å². The average molecular weight is 216 g/mol. The SMILES string of the molecule is O=C(/C=C/c1ccccc1F)c1ccco1. The number of hydrogen-bond donors (Lipinski definition) is 0. The minimum absolute atomic E-state index is 0.243. The van der Waals surface area contributed by atoms with Crippen LogP contribution in [0.2, 0.25) is 0 Å². The smallest absolute Gasteiger partial charge is 0.221 e. The largest absolute Gasteiger partial charge is 0.461 e. The number of carbonyl (C=O) groups is 1. The van der Waals surface area contributed by atoms with E-state index in [4.69, 9.17) is 4.42 Å². The third-order valence-electron chi connectivity index (χ3n) is 2.08. The van der Waals surface area contributed by atoms with E-state index in [0.717, 1.165) is 0 Å². The molecule has 0 bridgehead atoms. The van der Waals surface area contributed by atoms with Crippen LogP contribution in [0.4, 0.5) is 4.39 Å². The lowest BCUT2D eigenvalue weighted by Gasteiger charge is -1.94. The minimum atomic E-state index is -0.356. The second-order valence-corrected chi connectivity index (χ2v) is 3.20. The van der Waals surface area contributed by atoms with Gasteiger partial charge >= 0.3 is 0 Å². The quantitative estimate of drug-likeness (QED) is 0.582. The van der Waals surface area contributed by atoms with Gasteiger partial charge in [0, 0.05) is 5.56 Å². The molecule has 0 radical (unpaired) electrons. The van der Waals surface area contributed by atoms with Crippen LogP contribution in [0, 0.1) is 5.82 Å². The molecule has 0 amide bonds. The molecular formula is C13H9FO2. The van der Waals surface area contributed by atoms with Gasteiger partial charge in [0.05, 0.1) is 6.26 Å². The molecule has 16 heavy (non-hydrogen) atoms. The van der Waals surface area contributed by atoms with Gasteiger partial charge in [-0.2, -0.15) is 0 Å². The van der Waals surface area contributed by atoms with E-state index in [1.54, 1.807) is 30.3 Å². The normalized spacial score (nSPS) is 10.8. The molecule has 0 unspecified atom stereocenters. The first kappa shape index (κ1) is 10.4. The summed E-state index contributed by atoms with van der Waals surface area (Å²) in [5.74, 6) is -0.396. The third kappa shape index (κ3) is 2.25. The minimum Gasteiger partial charge on any atom is -0.461 e. The van der Waals surface area contributed by atoms with Crippen molar-refractivity contribution in [1.82, 2.24) is 0 Å². The molecule has 2 nitrogen and oxygen atoms in total. The molecule has 0 atom stereocenters. The van der Waals surface area contributed by atoms with Gasteiger partial charge in [-0.05, 0) is 30.4 Å². The number of allylic oxidation sites excluding steroid dienone is 1.